The lowest BCUT2D eigenvalue weighted by atomic mass is 10.1. The zero-order chi connectivity index (χ0) is 19.1. The van der Waals surface area contributed by atoms with Gasteiger partial charge in [0.15, 0.2) is 0 Å². The molecular weight excluding hydrogens is 330 g/mol. The monoisotopic (exact) mass is 355 g/mol. The van der Waals surface area contributed by atoms with Crippen LogP contribution in [-0.2, 0) is 0 Å². The van der Waals surface area contributed by atoms with Gasteiger partial charge in [0.25, 0.3) is 5.91 Å². The average Bonchev–Trinajstić information content (AvgIpc) is 2.63. The Morgan fingerprint density at radius 2 is 1.88 bits per heavy atom. The van der Waals surface area contributed by atoms with Gasteiger partial charge in [0, 0.05) is 18.7 Å². The third-order valence-electron chi connectivity index (χ3n) is 4.13. The van der Waals surface area contributed by atoms with Crippen molar-refractivity contribution < 1.29 is 14.7 Å². The van der Waals surface area contributed by atoms with Crippen molar-refractivity contribution in [2.45, 2.75) is 33.6 Å². The number of nitrogens with zero attached hydrogens (tertiary/aromatic N) is 2. The molecule has 0 saturated carbocycles. The first-order valence-electron chi connectivity index (χ1n) is 8.82. The molecule has 0 spiro atoms. The minimum Gasteiger partial charge on any atom is -0.478 e. The normalized spacial score (nSPS) is 10.4. The number of benzene rings is 1. The molecule has 26 heavy (non-hydrogen) atoms. The topological polar surface area (TPSA) is 82.5 Å². The third kappa shape index (κ3) is 4.81. The highest BCUT2D eigenvalue weighted by Crippen LogP contribution is 2.22. The van der Waals surface area contributed by atoms with Crippen molar-refractivity contribution in [1.29, 1.82) is 0 Å². The van der Waals surface area contributed by atoms with Crippen LogP contribution < -0.4 is 10.2 Å². The molecule has 1 aromatic heterocycles. The number of hydrogen-bond acceptors (Lipinski definition) is 4. The molecule has 1 heterocycles. The Labute approximate surface area is 153 Å². The number of aromatic carboxylic acids is 1. The predicted octanol–water partition coefficient (Wildman–Crippen LogP) is 3.97. The second-order valence-corrected chi connectivity index (χ2v) is 6.15. The zero-order valence-electron chi connectivity index (χ0n) is 15.5. The van der Waals surface area contributed by atoms with Crippen LogP contribution in [0.15, 0.2) is 36.5 Å². The summed E-state index contributed by atoms with van der Waals surface area (Å²) in [4.78, 5) is 30.3. The van der Waals surface area contributed by atoms with Gasteiger partial charge in [-0.2, -0.15) is 0 Å². The number of carbonyl (C=O) groups excluding carboxylic acids is 1. The van der Waals surface area contributed by atoms with Crippen LogP contribution in [0.4, 0.5) is 11.5 Å². The van der Waals surface area contributed by atoms with Crippen molar-refractivity contribution in [3.05, 3.63) is 53.2 Å². The van der Waals surface area contributed by atoms with Gasteiger partial charge in [-0.25, -0.2) is 9.78 Å². The number of amides is 1. The van der Waals surface area contributed by atoms with Gasteiger partial charge >= 0.3 is 5.97 Å². The number of aryl methyl sites for hydroxylation is 1. The van der Waals surface area contributed by atoms with Crippen molar-refractivity contribution >= 4 is 23.4 Å². The van der Waals surface area contributed by atoms with E-state index in [1.165, 1.54) is 12.3 Å². The van der Waals surface area contributed by atoms with Crippen molar-refractivity contribution in [3.8, 4) is 0 Å². The van der Waals surface area contributed by atoms with Crippen molar-refractivity contribution in [1.82, 2.24) is 4.98 Å². The molecule has 1 aromatic carbocycles. The minimum absolute atomic E-state index is 0.0876. The van der Waals surface area contributed by atoms with Gasteiger partial charge in [0.05, 0.1) is 11.9 Å². The number of unbranched alkanes of at least 4 members (excludes halogenated alkanes) is 1. The summed E-state index contributed by atoms with van der Waals surface area (Å²) >= 11 is 0. The molecule has 2 rings (SSSR count). The summed E-state index contributed by atoms with van der Waals surface area (Å²) in [5, 5.41) is 12.3. The molecule has 0 aliphatic rings. The molecule has 2 aromatic rings. The first-order chi connectivity index (χ1) is 12.5. The summed E-state index contributed by atoms with van der Waals surface area (Å²) in [6, 6.07) is 8.63. The fraction of sp³-hybridized carbons (Fsp3) is 0.350. The number of carboxylic acids is 1. The van der Waals surface area contributed by atoms with E-state index >= 15 is 0 Å². The number of carbonyl (C=O) groups is 2. The number of pyridine rings is 1. The fourth-order valence-corrected chi connectivity index (χ4v) is 2.61. The van der Waals surface area contributed by atoms with E-state index in [0.29, 0.717) is 23.6 Å². The molecule has 6 heteroatoms. The van der Waals surface area contributed by atoms with Crippen LogP contribution in [0.5, 0.6) is 0 Å². The molecule has 0 fully saturated rings. The number of nitrogens with one attached hydrogen (secondary N) is 1. The molecule has 1 amide bonds. The lowest BCUT2D eigenvalue weighted by molar-refractivity contribution is 0.0696. The lowest BCUT2D eigenvalue weighted by Crippen LogP contribution is -2.27. The second kappa shape index (κ2) is 8.99. The molecule has 0 aliphatic heterocycles. The van der Waals surface area contributed by atoms with Gasteiger partial charge < -0.3 is 15.3 Å². The summed E-state index contributed by atoms with van der Waals surface area (Å²) < 4.78 is 0. The Balaban J connectivity index is 2.25. The molecule has 6 nitrogen and oxygen atoms in total. The van der Waals surface area contributed by atoms with Gasteiger partial charge in [-0.05, 0) is 38.5 Å². The maximum Gasteiger partial charge on any atom is 0.339 e. The highest BCUT2D eigenvalue weighted by atomic mass is 16.4. The smallest absolute Gasteiger partial charge is 0.339 e. The summed E-state index contributed by atoms with van der Waals surface area (Å²) in [5.74, 6) is -0.926. The molecule has 138 valence electrons. The Bertz CT molecular complexity index is 772. The van der Waals surface area contributed by atoms with E-state index in [2.05, 4.69) is 17.2 Å². The Hall–Kier alpha value is -2.89. The Morgan fingerprint density at radius 3 is 2.46 bits per heavy atom. The van der Waals surface area contributed by atoms with Gasteiger partial charge in [0.1, 0.15) is 11.4 Å². The summed E-state index contributed by atoms with van der Waals surface area (Å²) in [5.41, 5.74) is 2.02. The van der Waals surface area contributed by atoms with Gasteiger partial charge in [-0.3, -0.25) is 4.79 Å². The number of hydrogen-bond donors (Lipinski definition) is 2. The van der Waals surface area contributed by atoms with Crippen LogP contribution in [0.25, 0.3) is 0 Å². The maximum atomic E-state index is 12.3. The fourth-order valence-electron chi connectivity index (χ4n) is 2.61. The quantitative estimate of drug-likeness (QED) is 0.749. The third-order valence-corrected chi connectivity index (χ3v) is 4.13. The van der Waals surface area contributed by atoms with E-state index in [-0.39, 0.29) is 11.5 Å². The highest BCUT2D eigenvalue weighted by molar-refractivity contribution is 6.05. The molecule has 0 saturated heterocycles. The van der Waals surface area contributed by atoms with Crippen molar-refractivity contribution in [2.75, 3.05) is 23.3 Å². The number of carboxylic acid groups (broad SMARTS) is 1. The van der Waals surface area contributed by atoms with E-state index < -0.39 is 5.97 Å². The summed E-state index contributed by atoms with van der Waals surface area (Å²) in [7, 11) is 0. The molecule has 0 atom stereocenters. The van der Waals surface area contributed by atoms with Crippen LogP contribution >= 0.6 is 0 Å². The van der Waals surface area contributed by atoms with E-state index in [1.54, 1.807) is 12.1 Å². The van der Waals surface area contributed by atoms with Crippen molar-refractivity contribution in [2.24, 2.45) is 0 Å². The summed E-state index contributed by atoms with van der Waals surface area (Å²) in [6.45, 7) is 7.42. The van der Waals surface area contributed by atoms with Crippen LogP contribution in [0.3, 0.4) is 0 Å². The van der Waals surface area contributed by atoms with E-state index in [9.17, 15) is 14.7 Å². The molecule has 2 N–H and O–H groups in total. The molecular formula is C20H25N3O3. The molecule has 0 radical (unpaired) electrons. The minimum atomic E-state index is -1.06. The molecule has 0 unspecified atom stereocenters. The number of rotatable bonds is 8. The van der Waals surface area contributed by atoms with Crippen LogP contribution in [0.2, 0.25) is 0 Å². The standard InChI is InChI=1S/C20H25N3O3/c1-4-6-11-23(5-2)18-17(20(25)26)12-16(13-21-18)22-19(24)15-9-7-14(3)8-10-15/h7-10,12-13H,4-6,11H2,1-3H3,(H,22,24)(H,25,26). The van der Waals surface area contributed by atoms with Crippen LogP contribution in [0, 0.1) is 6.92 Å². The van der Waals surface area contributed by atoms with Crippen LogP contribution in [0.1, 0.15) is 53.0 Å². The number of anilines is 2. The van der Waals surface area contributed by atoms with E-state index in [1.807, 2.05) is 30.9 Å². The first kappa shape index (κ1) is 19.4. The van der Waals surface area contributed by atoms with E-state index in [0.717, 1.165) is 24.9 Å². The number of aromatic nitrogens is 1. The van der Waals surface area contributed by atoms with Crippen molar-refractivity contribution in [3.63, 3.8) is 0 Å². The first-order valence-corrected chi connectivity index (χ1v) is 8.82. The van der Waals surface area contributed by atoms with E-state index in [4.69, 9.17) is 0 Å². The van der Waals surface area contributed by atoms with Crippen LogP contribution in [-0.4, -0.2) is 35.1 Å². The Kier molecular flexibility index (Phi) is 6.72. The predicted molar refractivity (Wildman–Crippen MR) is 103 cm³/mol. The van der Waals surface area contributed by atoms with Gasteiger partial charge in [0.2, 0.25) is 0 Å². The van der Waals surface area contributed by atoms with Gasteiger partial charge in [-0.15, -0.1) is 0 Å². The average molecular weight is 355 g/mol. The zero-order valence-corrected chi connectivity index (χ0v) is 15.5. The molecule has 0 bridgehead atoms. The second-order valence-electron chi connectivity index (χ2n) is 6.15. The largest absolute Gasteiger partial charge is 0.478 e. The summed E-state index contributed by atoms with van der Waals surface area (Å²) in [6.07, 6.45) is 3.48. The SMILES string of the molecule is CCCCN(CC)c1ncc(NC(=O)c2ccc(C)cc2)cc1C(=O)O. The Morgan fingerprint density at radius 1 is 1.19 bits per heavy atom. The van der Waals surface area contributed by atoms with Gasteiger partial charge in [-0.1, -0.05) is 31.0 Å². The lowest BCUT2D eigenvalue weighted by Gasteiger charge is -2.23. The highest BCUT2D eigenvalue weighted by Gasteiger charge is 2.18. The maximum absolute atomic E-state index is 12.3. The molecule has 0 aliphatic carbocycles.